The number of hydrogen-bond donors (Lipinski definition) is 0. The Kier molecular flexibility index (Phi) is 2.60. The van der Waals surface area contributed by atoms with Gasteiger partial charge < -0.3 is 4.40 Å². The van der Waals surface area contributed by atoms with Crippen LogP contribution in [0.5, 0.6) is 0 Å². The molecule has 0 radical (unpaired) electrons. The summed E-state index contributed by atoms with van der Waals surface area (Å²) >= 11 is 6.70. The quantitative estimate of drug-likeness (QED) is 0.238. The maximum atomic E-state index is 6.70. The van der Waals surface area contributed by atoms with Gasteiger partial charge in [0.05, 0.1) is 21.6 Å². The third-order valence-electron chi connectivity index (χ3n) is 6.16. The molecule has 2 heterocycles. The molecule has 0 fully saturated rings. The predicted octanol–water partition coefficient (Wildman–Crippen LogP) is 7.80. The van der Waals surface area contributed by atoms with Gasteiger partial charge in [0.25, 0.3) is 0 Å². The highest BCUT2D eigenvalue weighted by atomic mass is 35.5. The van der Waals surface area contributed by atoms with Gasteiger partial charge in [-0.2, -0.15) is 0 Å². The lowest BCUT2D eigenvalue weighted by Crippen LogP contribution is -1.84. The van der Waals surface area contributed by atoms with Crippen LogP contribution in [0.4, 0.5) is 0 Å². The summed E-state index contributed by atoms with van der Waals surface area (Å²) in [5.41, 5.74) is 3.62. The highest BCUT2D eigenvalue weighted by molar-refractivity contribution is 6.40. The van der Waals surface area contributed by atoms with Crippen LogP contribution in [0.3, 0.4) is 0 Å². The Morgan fingerprint density at radius 2 is 1.21 bits per heavy atom. The minimum Gasteiger partial charge on any atom is -0.308 e. The molecule has 2 heteroatoms. The summed E-state index contributed by atoms with van der Waals surface area (Å²) in [6.07, 6.45) is 0. The number of nitrogens with zero attached hydrogens (tertiary/aromatic N) is 1. The molecule has 0 aliphatic carbocycles. The predicted molar refractivity (Wildman–Crippen MR) is 121 cm³/mol. The molecule has 0 N–H and O–H groups in total. The van der Waals surface area contributed by atoms with E-state index < -0.39 is 0 Å². The number of halogens is 1. The Hall–Kier alpha value is -3.29. The van der Waals surface area contributed by atoms with E-state index in [2.05, 4.69) is 77.2 Å². The summed E-state index contributed by atoms with van der Waals surface area (Å²) in [5, 5.41) is 10.9. The van der Waals surface area contributed by atoms with E-state index in [-0.39, 0.29) is 0 Å². The Labute approximate surface area is 165 Å². The average molecular weight is 376 g/mol. The van der Waals surface area contributed by atoms with E-state index in [4.69, 9.17) is 11.6 Å². The lowest BCUT2D eigenvalue weighted by Gasteiger charge is -2.07. The standard InChI is InChI=1S/C26H14ClN/c27-20-8-4-10-22-25(20)19-14-13-16-12-11-15-5-3-7-18-17-6-1-2-9-21(17)28(22)26(19)24(16)23(15)18/h1-14H. The maximum absolute atomic E-state index is 6.70. The normalized spacial score (nSPS) is 12.5. The van der Waals surface area contributed by atoms with Gasteiger partial charge in [0.1, 0.15) is 0 Å². The summed E-state index contributed by atoms with van der Waals surface area (Å²) in [7, 11) is 0. The fourth-order valence-corrected chi connectivity index (χ4v) is 5.34. The Bertz CT molecular complexity index is 1720. The SMILES string of the molecule is Clc1cccc2c1c1ccc3ccc4cccc5c6ccccc6n2c1c3c45. The van der Waals surface area contributed by atoms with Crippen LogP contribution in [0.2, 0.25) is 5.02 Å². The second kappa shape index (κ2) is 4.95. The molecule has 28 heavy (non-hydrogen) atoms. The first-order valence-electron chi connectivity index (χ1n) is 9.50. The molecule has 5 aromatic carbocycles. The van der Waals surface area contributed by atoms with Crippen molar-refractivity contribution in [3.63, 3.8) is 0 Å². The van der Waals surface area contributed by atoms with Crippen LogP contribution in [0.1, 0.15) is 0 Å². The summed E-state index contributed by atoms with van der Waals surface area (Å²) < 4.78 is 2.41. The molecule has 2 aromatic heterocycles. The van der Waals surface area contributed by atoms with Gasteiger partial charge in [-0.25, -0.2) is 0 Å². The first kappa shape index (κ1) is 14.7. The van der Waals surface area contributed by atoms with Gasteiger partial charge in [0, 0.05) is 21.5 Å². The summed E-state index contributed by atoms with van der Waals surface area (Å²) in [6.45, 7) is 0. The van der Waals surface area contributed by atoms with E-state index in [0.29, 0.717) is 0 Å². The lowest BCUT2D eigenvalue weighted by atomic mass is 9.96. The molecule has 0 spiro atoms. The van der Waals surface area contributed by atoms with Gasteiger partial charge in [-0.3, -0.25) is 0 Å². The number of para-hydroxylation sites is 1. The van der Waals surface area contributed by atoms with E-state index >= 15 is 0 Å². The number of rotatable bonds is 0. The second-order valence-corrected chi connectivity index (χ2v) is 7.92. The average Bonchev–Trinajstić information content (AvgIpc) is 3.01. The van der Waals surface area contributed by atoms with Crippen molar-refractivity contribution in [3.8, 4) is 0 Å². The minimum absolute atomic E-state index is 0.805. The van der Waals surface area contributed by atoms with Crippen molar-refractivity contribution in [1.29, 1.82) is 0 Å². The summed E-state index contributed by atoms with van der Waals surface area (Å²) in [4.78, 5) is 0. The van der Waals surface area contributed by atoms with Gasteiger partial charge in [-0.15, -0.1) is 0 Å². The van der Waals surface area contributed by atoms with E-state index in [1.54, 1.807) is 0 Å². The topological polar surface area (TPSA) is 4.41 Å². The van der Waals surface area contributed by atoms with Crippen LogP contribution in [0.25, 0.3) is 59.6 Å². The molecule has 0 saturated carbocycles. The van der Waals surface area contributed by atoms with E-state index in [9.17, 15) is 0 Å². The zero-order valence-corrected chi connectivity index (χ0v) is 15.7. The first-order valence-corrected chi connectivity index (χ1v) is 9.87. The van der Waals surface area contributed by atoms with Crippen LogP contribution in [-0.4, -0.2) is 4.40 Å². The Morgan fingerprint density at radius 1 is 0.500 bits per heavy atom. The zero-order valence-electron chi connectivity index (χ0n) is 14.9. The molecule has 0 amide bonds. The fraction of sp³-hybridized carbons (Fsp3) is 0. The second-order valence-electron chi connectivity index (χ2n) is 7.52. The molecule has 1 nitrogen and oxygen atoms in total. The number of aromatic nitrogens is 1. The molecule has 0 atom stereocenters. The smallest absolute Gasteiger partial charge is 0.0626 e. The van der Waals surface area contributed by atoms with Gasteiger partial charge in [0.2, 0.25) is 0 Å². The third kappa shape index (κ3) is 1.60. The molecule has 0 aliphatic rings. The lowest BCUT2D eigenvalue weighted by molar-refractivity contribution is 1.36. The van der Waals surface area contributed by atoms with E-state index in [1.165, 1.54) is 48.7 Å². The highest BCUT2D eigenvalue weighted by Crippen LogP contribution is 2.43. The van der Waals surface area contributed by atoms with Gasteiger partial charge in [-0.05, 0) is 39.7 Å². The number of hydrogen-bond acceptors (Lipinski definition) is 0. The van der Waals surface area contributed by atoms with Crippen LogP contribution in [-0.2, 0) is 0 Å². The molecule has 7 rings (SSSR count). The molecule has 0 bridgehead atoms. The monoisotopic (exact) mass is 375 g/mol. The van der Waals surface area contributed by atoms with Gasteiger partial charge >= 0.3 is 0 Å². The third-order valence-corrected chi connectivity index (χ3v) is 6.47. The number of fused-ring (bicyclic) bond motifs is 6. The molecule has 130 valence electrons. The van der Waals surface area contributed by atoms with Crippen LogP contribution in [0, 0.1) is 0 Å². The summed E-state index contributed by atoms with van der Waals surface area (Å²) in [5.74, 6) is 0. The fourth-order valence-electron chi connectivity index (χ4n) is 5.07. The van der Waals surface area contributed by atoms with Crippen LogP contribution < -0.4 is 0 Å². The van der Waals surface area contributed by atoms with E-state index in [1.807, 2.05) is 12.1 Å². The molecule has 7 aromatic rings. The molecular formula is C26H14ClN. The van der Waals surface area contributed by atoms with Crippen molar-refractivity contribution in [2.24, 2.45) is 0 Å². The van der Waals surface area contributed by atoms with Crippen molar-refractivity contribution in [1.82, 2.24) is 4.40 Å². The van der Waals surface area contributed by atoms with E-state index in [0.717, 1.165) is 15.9 Å². The number of benzene rings is 5. The molecular weight excluding hydrogens is 362 g/mol. The van der Waals surface area contributed by atoms with Crippen molar-refractivity contribution < 1.29 is 0 Å². The Balaban J connectivity index is 2.07. The van der Waals surface area contributed by atoms with Crippen LogP contribution in [0.15, 0.2) is 84.9 Å². The van der Waals surface area contributed by atoms with Gasteiger partial charge in [0.15, 0.2) is 0 Å². The van der Waals surface area contributed by atoms with Crippen molar-refractivity contribution in [2.45, 2.75) is 0 Å². The zero-order chi connectivity index (χ0) is 18.4. The molecule has 0 unspecified atom stereocenters. The van der Waals surface area contributed by atoms with Crippen molar-refractivity contribution in [2.75, 3.05) is 0 Å². The summed E-state index contributed by atoms with van der Waals surface area (Å²) in [6, 6.07) is 30.5. The van der Waals surface area contributed by atoms with Crippen molar-refractivity contribution >= 4 is 71.2 Å². The van der Waals surface area contributed by atoms with Crippen molar-refractivity contribution in [3.05, 3.63) is 90.0 Å². The Morgan fingerprint density at radius 3 is 2.14 bits per heavy atom. The molecule has 0 saturated heterocycles. The highest BCUT2D eigenvalue weighted by Gasteiger charge is 2.19. The first-order chi connectivity index (χ1) is 13.8. The largest absolute Gasteiger partial charge is 0.308 e. The minimum atomic E-state index is 0.805. The maximum Gasteiger partial charge on any atom is 0.0626 e. The van der Waals surface area contributed by atoms with Crippen LogP contribution >= 0.6 is 11.6 Å². The van der Waals surface area contributed by atoms with Gasteiger partial charge in [-0.1, -0.05) is 78.3 Å². The molecule has 0 aliphatic heterocycles.